The quantitative estimate of drug-likeness (QED) is 0.666. The summed E-state index contributed by atoms with van der Waals surface area (Å²) < 4.78 is 0. The molecule has 4 saturated carbocycles. The molecule has 0 bridgehead atoms. The normalized spacial score (nSPS) is 41.9. The number of anilines is 1. The van der Waals surface area contributed by atoms with E-state index in [4.69, 9.17) is 5.26 Å². The van der Waals surface area contributed by atoms with Crippen molar-refractivity contribution in [3.8, 4) is 6.07 Å². The summed E-state index contributed by atoms with van der Waals surface area (Å²) in [6.45, 7) is 4.54. The zero-order chi connectivity index (χ0) is 23.2. The first-order valence-electron chi connectivity index (χ1n) is 13.1. The molecule has 1 aromatic rings. The zero-order valence-electron chi connectivity index (χ0n) is 20.1. The number of carbonyl (C=O) groups is 1. The lowest BCUT2D eigenvalue weighted by molar-refractivity contribution is -0.130. The van der Waals surface area contributed by atoms with Gasteiger partial charge in [-0.3, -0.25) is 10.1 Å². The summed E-state index contributed by atoms with van der Waals surface area (Å²) in [7, 11) is 0. The van der Waals surface area contributed by atoms with Crippen molar-refractivity contribution in [2.75, 3.05) is 5.32 Å². The molecule has 2 N–H and O–H groups in total. The molecule has 33 heavy (non-hydrogen) atoms. The molecule has 6 nitrogen and oxygen atoms in total. The lowest BCUT2D eigenvalue weighted by atomic mass is 9.49. The van der Waals surface area contributed by atoms with Crippen molar-refractivity contribution in [2.45, 2.75) is 90.1 Å². The van der Waals surface area contributed by atoms with Crippen molar-refractivity contribution in [3.63, 3.8) is 0 Å². The summed E-state index contributed by atoms with van der Waals surface area (Å²) in [4.78, 5) is 21.5. The predicted molar refractivity (Wildman–Crippen MR) is 126 cm³/mol. The van der Waals surface area contributed by atoms with Gasteiger partial charge in [0.1, 0.15) is 6.07 Å². The molecule has 5 rings (SSSR count). The number of aliphatic hydroxyl groups is 1. The van der Waals surface area contributed by atoms with Crippen LogP contribution in [-0.2, 0) is 4.79 Å². The maximum Gasteiger partial charge on any atom is 0.230 e. The molecule has 1 aromatic heterocycles. The topological polar surface area (TPSA) is 98.9 Å². The Bertz CT molecular complexity index is 927. The Kier molecular flexibility index (Phi) is 5.97. The molecular weight excluding hydrogens is 412 g/mol. The van der Waals surface area contributed by atoms with Gasteiger partial charge in [0.05, 0.1) is 23.6 Å². The van der Waals surface area contributed by atoms with E-state index in [9.17, 15) is 9.90 Å². The number of nitriles is 1. The number of nitrogens with one attached hydrogen (secondary N) is 1. The van der Waals surface area contributed by atoms with Gasteiger partial charge in [-0.05, 0) is 99.2 Å². The Morgan fingerprint density at radius 2 is 1.88 bits per heavy atom. The predicted octanol–water partition coefficient (Wildman–Crippen LogP) is 5.09. The first-order chi connectivity index (χ1) is 15.9. The first-order valence-corrected chi connectivity index (χ1v) is 13.1. The fourth-order valence-corrected chi connectivity index (χ4v) is 8.73. The minimum atomic E-state index is -0.421. The van der Waals surface area contributed by atoms with E-state index in [2.05, 4.69) is 29.1 Å². The molecule has 1 heterocycles. The number of carbonyl (C=O) groups excluding carboxylic acids is 1. The van der Waals surface area contributed by atoms with Crippen molar-refractivity contribution in [3.05, 3.63) is 18.0 Å². The highest BCUT2D eigenvalue weighted by Gasteiger charge is 2.59. The molecule has 0 aromatic carbocycles. The van der Waals surface area contributed by atoms with Crippen LogP contribution in [0.1, 0.15) is 90.0 Å². The third kappa shape index (κ3) is 3.97. The number of hydrogen-bond acceptors (Lipinski definition) is 5. The average molecular weight is 451 g/mol. The standard InChI is InChI=1S/C27H38N4O2/c1-3-10-27(33)12-9-19-18(13-27)4-5-21-20(19)8-11-26(2)22(21)6-7-23(26)24(32)31-25-29-15-17(14-28)16-30-25/h15-16,18-23,33H,3-13H2,1-2H3,(H,29,30,31,32)/t18-,19+,20-,21-,22+,23-,26+,27-/m1/s1. The smallest absolute Gasteiger partial charge is 0.230 e. The summed E-state index contributed by atoms with van der Waals surface area (Å²) >= 11 is 0. The molecule has 0 unspecified atom stereocenters. The van der Waals surface area contributed by atoms with Gasteiger partial charge in [0.15, 0.2) is 0 Å². The molecular formula is C27H38N4O2. The Labute approximate surface area is 197 Å². The molecule has 0 radical (unpaired) electrons. The maximum absolute atomic E-state index is 13.3. The van der Waals surface area contributed by atoms with Gasteiger partial charge >= 0.3 is 0 Å². The van der Waals surface area contributed by atoms with Crippen molar-refractivity contribution in [1.29, 1.82) is 5.26 Å². The molecule has 4 aliphatic rings. The number of rotatable bonds is 4. The summed E-state index contributed by atoms with van der Waals surface area (Å²) in [6.07, 6.45) is 15.0. The van der Waals surface area contributed by atoms with E-state index in [1.165, 1.54) is 38.1 Å². The number of fused-ring (bicyclic) bond motifs is 5. The lowest BCUT2D eigenvalue weighted by Gasteiger charge is -2.57. The Hall–Kier alpha value is -2.00. The van der Waals surface area contributed by atoms with Crippen LogP contribution < -0.4 is 5.32 Å². The van der Waals surface area contributed by atoms with E-state index >= 15 is 0 Å². The second-order valence-electron chi connectivity index (χ2n) is 11.7. The van der Waals surface area contributed by atoms with Crippen LogP contribution in [0.3, 0.4) is 0 Å². The second kappa shape index (κ2) is 8.65. The third-order valence-corrected chi connectivity index (χ3v) is 10.2. The van der Waals surface area contributed by atoms with Crippen molar-refractivity contribution in [1.82, 2.24) is 9.97 Å². The highest BCUT2D eigenvalue weighted by atomic mass is 16.3. The van der Waals surface area contributed by atoms with E-state index in [0.29, 0.717) is 23.3 Å². The maximum atomic E-state index is 13.3. The summed E-state index contributed by atoms with van der Waals surface area (Å²) in [6, 6.07) is 2.01. The van der Waals surface area contributed by atoms with E-state index in [-0.39, 0.29) is 17.2 Å². The van der Waals surface area contributed by atoms with Crippen LogP contribution >= 0.6 is 0 Å². The van der Waals surface area contributed by atoms with Gasteiger partial charge in [-0.15, -0.1) is 0 Å². The number of amides is 1. The Morgan fingerprint density at radius 1 is 1.12 bits per heavy atom. The van der Waals surface area contributed by atoms with Crippen molar-refractivity contribution < 1.29 is 9.90 Å². The van der Waals surface area contributed by atoms with Gasteiger partial charge in [0, 0.05) is 5.92 Å². The number of aromatic nitrogens is 2. The minimum Gasteiger partial charge on any atom is -0.390 e. The number of nitrogens with zero attached hydrogens (tertiary/aromatic N) is 3. The van der Waals surface area contributed by atoms with Gasteiger partial charge in [-0.2, -0.15) is 5.26 Å². The highest BCUT2D eigenvalue weighted by molar-refractivity contribution is 5.91. The van der Waals surface area contributed by atoms with Gasteiger partial charge in [-0.25, -0.2) is 9.97 Å². The molecule has 1 amide bonds. The minimum absolute atomic E-state index is 0.00131. The Balaban J connectivity index is 1.27. The van der Waals surface area contributed by atoms with Crippen LogP contribution in [0.4, 0.5) is 5.95 Å². The van der Waals surface area contributed by atoms with E-state index in [1.54, 1.807) is 0 Å². The zero-order valence-corrected chi connectivity index (χ0v) is 20.1. The fraction of sp³-hybridized carbons (Fsp3) is 0.778. The van der Waals surface area contributed by atoms with Crippen molar-refractivity contribution in [2.24, 2.45) is 40.9 Å². The van der Waals surface area contributed by atoms with Crippen LogP contribution in [0.25, 0.3) is 0 Å². The molecule has 0 saturated heterocycles. The summed E-state index contributed by atoms with van der Waals surface area (Å²) in [5.41, 5.74) is 0.0174. The van der Waals surface area contributed by atoms with E-state index in [0.717, 1.165) is 62.7 Å². The molecule has 0 spiro atoms. The van der Waals surface area contributed by atoms with Gasteiger partial charge < -0.3 is 5.11 Å². The highest BCUT2D eigenvalue weighted by Crippen LogP contribution is 2.64. The average Bonchev–Trinajstić information content (AvgIpc) is 3.16. The molecule has 4 fully saturated rings. The molecule has 178 valence electrons. The van der Waals surface area contributed by atoms with Crippen LogP contribution in [0.15, 0.2) is 12.4 Å². The number of hydrogen-bond donors (Lipinski definition) is 2. The summed E-state index contributed by atoms with van der Waals surface area (Å²) in [5, 5.41) is 22.9. The third-order valence-electron chi connectivity index (χ3n) is 10.2. The van der Waals surface area contributed by atoms with E-state index < -0.39 is 5.60 Å². The molecule has 6 heteroatoms. The largest absolute Gasteiger partial charge is 0.390 e. The van der Waals surface area contributed by atoms with Crippen LogP contribution in [0.2, 0.25) is 0 Å². The molecule has 8 atom stereocenters. The second-order valence-corrected chi connectivity index (χ2v) is 11.7. The summed E-state index contributed by atoms with van der Waals surface area (Å²) in [5.74, 6) is 3.91. The molecule has 4 aliphatic carbocycles. The van der Waals surface area contributed by atoms with E-state index in [1.807, 2.05) is 6.07 Å². The molecule has 0 aliphatic heterocycles. The van der Waals surface area contributed by atoms with Crippen LogP contribution in [0.5, 0.6) is 0 Å². The van der Waals surface area contributed by atoms with Gasteiger partial charge in [-0.1, -0.05) is 20.3 Å². The van der Waals surface area contributed by atoms with Crippen molar-refractivity contribution >= 4 is 11.9 Å². The first kappa shape index (κ1) is 22.8. The Morgan fingerprint density at radius 3 is 2.61 bits per heavy atom. The van der Waals surface area contributed by atoms with Crippen LogP contribution in [0, 0.1) is 52.3 Å². The van der Waals surface area contributed by atoms with Gasteiger partial charge in [0.2, 0.25) is 11.9 Å². The fourth-order valence-electron chi connectivity index (χ4n) is 8.73. The van der Waals surface area contributed by atoms with Crippen LogP contribution in [-0.4, -0.2) is 26.6 Å². The van der Waals surface area contributed by atoms with Gasteiger partial charge in [0.25, 0.3) is 0 Å². The lowest BCUT2D eigenvalue weighted by Crippen LogP contribution is -2.51. The SMILES string of the molecule is CCC[C@@]1(O)CC[C@H]2[C@H](CC[C@@H]3[C@@H]2CC[C@]2(C)[C@@H](C(=O)Nc4ncc(C#N)cn4)CC[C@@H]32)C1. The monoisotopic (exact) mass is 450 g/mol.